The molecule has 0 heterocycles. The normalized spacial score (nSPS) is 11.9. The summed E-state index contributed by atoms with van der Waals surface area (Å²) >= 11 is 0. The lowest BCUT2D eigenvalue weighted by Crippen LogP contribution is -2.42. The molecule has 0 saturated heterocycles. The Morgan fingerprint density at radius 2 is 1.95 bits per heavy atom. The van der Waals surface area contributed by atoms with E-state index in [1.165, 1.54) is 4.90 Å². The molecule has 1 amide bonds. The van der Waals surface area contributed by atoms with Crippen molar-refractivity contribution in [2.45, 2.75) is 39.3 Å². The van der Waals surface area contributed by atoms with Crippen LogP contribution >= 0.6 is 0 Å². The van der Waals surface area contributed by atoms with Crippen molar-refractivity contribution in [3.8, 4) is 0 Å². The van der Waals surface area contributed by atoms with E-state index in [4.69, 9.17) is 9.84 Å². The van der Waals surface area contributed by atoms with E-state index in [0.717, 1.165) is 12.0 Å². The molecule has 116 valence electrons. The lowest BCUT2D eigenvalue weighted by molar-refractivity contribution is -0.146. The van der Waals surface area contributed by atoms with Gasteiger partial charge in [0.05, 0.1) is 19.6 Å². The van der Waals surface area contributed by atoms with Crippen LogP contribution in [-0.4, -0.2) is 41.1 Å². The lowest BCUT2D eigenvalue weighted by Gasteiger charge is -2.26. The molecule has 5 heteroatoms. The largest absolute Gasteiger partial charge is 0.480 e. The maximum Gasteiger partial charge on any atom is 0.323 e. The van der Waals surface area contributed by atoms with Gasteiger partial charge in [0.15, 0.2) is 0 Å². The number of amides is 1. The number of hydrogen-bond acceptors (Lipinski definition) is 3. The first-order valence-electron chi connectivity index (χ1n) is 7.17. The van der Waals surface area contributed by atoms with Gasteiger partial charge < -0.3 is 14.7 Å². The Morgan fingerprint density at radius 1 is 1.29 bits per heavy atom. The molecular formula is C16H23NO4. The number of nitrogens with zero attached hydrogens (tertiary/aromatic N) is 1. The number of benzene rings is 1. The van der Waals surface area contributed by atoms with Crippen LogP contribution in [0.15, 0.2) is 30.3 Å². The van der Waals surface area contributed by atoms with Gasteiger partial charge in [0.25, 0.3) is 0 Å². The number of ether oxygens (including phenoxy) is 1. The minimum absolute atomic E-state index is 0.0808. The average molecular weight is 293 g/mol. The number of hydrogen-bond donors (Lipinski definition) is 1. The minimum atomic E-state index is -0.992. The molecule has 0 fully saturated rings. The maximum atomic E-state index is 12.1. The standard InChI is InChI=1S/C16H23NO4/c1-3-13(2)17(11-16(19)20)15(18)9-10-21-12-14-7-5-4-6-8-14/h4-8,13H,3,9-12H2,1-2H3,(H,19,20). The predicted octanol–water partition coefficient (Wildman–Crippen LogP) is 2.30. The quantitative estimate of drug-likeness (QED) is 0.709. The molecular weight excluding hydrogens is 270 g/mol. The van der Waals surface area contributed by atoms with Crippen LogP contribution in [0.5, 0.6) is 0 Å². The minimum Gasteiger partial charge on any atom is -0.480 e. The van der Waals surface area contributed by atoms with Gasteiger partial charge in [0.1, 0.15) is 6.54 Å². The molecule has 1 aromatic carbocycles. The molecule has 0 aliphatic rings. The number of aliphatic carboxylic acids is 1. The van der Waals surface area contributed by atoms with Crippen molar-refractivity contribution in [2.75, 3.05) is 13.2 Å². The first-order valence-corrected chi connectivity index (χ1v) is 7.17. The summed E-state index contributed by atoms with van der Waals surface area (Å²) in [6, 6.07) is 9.63. The maximum absolute atomic E-state index is 12.1. The Hall–Kier alpha value is -1.88. The summed E-state index contributed by atoms with van der Waals surface area (Å²) in [6.45, 7) is 4.27. The second-order valence-electron chi connectivity index (χ2n) is 4.96. The van der Waals surface area contributed by atoms with Gasteiger partial charge in [0, 0.05) is 6.04 Å². The fourth-order valence-electron chi connectivity index (χ4n) is 1.92. The molecule has 1 N–H and O–H groups in total. The molecule has 1 unspecified atom stereocenters. The van der Waals surface area contributed by atoms with Gasteiger partial charge in [0.2, 0.25) is 5.91 Å². The first kappa shape index (κ1) is 17.2. The first-order chi connectivity index (χ1) is 10.0. The highest BCUT2D eigenvalue weighted by molar-refractivity contribution is 5.81. The number of carboxylic acids is 1. The smallest absolute Gasteiger partial charge is 0.323 e. The topological polar surface area (TPSA) is 66.8 Å². The van der Waals surface area contributed by atoms with Gasteiger partial charge in [-0.3, -0.25) is 9.59 Å². The summed E-state index contributed by atoms with van der Waals surface area (Å²) in [5.74, 6) is -1.17. The molecule has 5 nitrogen and oxygen atoms in total. The van der Waals surface area contributed by atoms with Crippen LogP contribution in [-0.2, 0) is 20.9 Å². The van der Waals surface area contributed by atoms with Gasteiger partial charge in [-0.2, -0.15) is 0 Å². The third-order valence-corrected chi connectivity index (χ3v) is 3.32. The van der Waals surface area contributed by atoms with Crippen molar-refractivity contribution in [1.82, 2.24) is 4.90 Å². The number of carboxylic acid groups (broad SMARTS) is 1. The van der Waals surface area contributed by atoms with Crippen LogP contribution in [0.2, 0.25) is 0 Å². The van der Waals surface area contributed by atoms with Crippen LogP contribution in [0.4, 0.5) is 0 Å². The Morgan fingerprint density at radius 3 is 2.52 bits per heavy atom. The Kier molecular flexibility index (Phi) is 7.46. The van der Waals surface area contributed by atoms with Crippen molar-refractivity contribution in [1.29, 1.82) is 0 Å². The zero-order chi connectivity index (χ0) is 15.7. The van der Waals surface area contributed by atoms with Gasteiger partial charge in [-0.25, -0.2) is 0 Å². The summed E-state index contributed by atoms with van der Waals surface area (Å²) in [7, 11) is 0. The van der Waals surface area contributed by atoms with E-state index in [-0.39, 0.29) is 24.9 Å². The van der Waals surface area contributed by atoms with Crippen molar-refractivity contribution in [2.24, 2.45) is 0 Å². The Balaban J connectivity index is 2.37. The highest BCUT2D eigenvalue weighted by atomic mass is 16.5. The predicted molar refractivity (Wildman–Crippen MR) is 79.8 cm³/mol. The monoisotopic (exact) mass is 293 g/mol. The van der Waals surface area contributed by atoms with E-state index in [0.29, 0.717) is 13.2 Å². The Bertz CT molecular complexity index is 447. The zero-order valence-electron chi connectivity index (χ0n) is 12.6. The summed E-state index contributed by atoms with van der Waals surface area (Å²) in [5.41, 5.74) is 1.05. The second kappa shape index (κ2) is 9.13. The molecule has 1 aromatic rings. The van der Waals surface area contributed by atoms with E-state index in [9.17, 15) is 9.59 Å². The van der Waals surface area contributed by atoms with Gasteiger partial charge in [-0.1, -0.05) is 37.3 Å². The summed E-state index contributed by atoms with van der Waals surface area (Å²) < 4.78 is 5.46. The van der Waals surface area contributed by atoms with Crippen LogP contribution in [0.1, 0.15) is 32.3 Å². The highest BCUT2D eigenvalue weighted by Crippen LogP contribution is 2.07. The number of carbonyl (C=O) groups excluding carboxylic acids is 1. The molecule has 21 heavy (non-hydrogen) atoms. The second-order valence-corrected chi connectivity index (χ2v) is 4.96. The molecule has 0 spiro atoms. The molecule has 0 saturated carbocycles. The number of rotatable bonds is 9. The van der Waals surface area contributed by atoms with Crippen molar-refractivity contribution in [3.05, 3.63) is 35.9 Å². The molecule has 1 atom stereocenters. The molecule has 0 bridgehead atoms. The van der Waals surface area contributed by atoms with Crippen molar-refractivity contribution >= 4 is 11.9 Å². The molecule has 0 aliphatic carbocycles. The SMILES string of the molecule is CCC(C)N(CC(=O)O)C(=O)CCOCc1ccccc1. The summed E-state index contributed by atoms with van der Waals surface area (Å²) in [6.07, 6.45) is 0.925. The van der Waals surface area contributed by atoms with Crippen LogP contribution in [0.3, 0.4) is 0 Å². The van der Waals surface area contributed by atoms with E-state index >= 15 is 0 Å². The third kappa shape index (κ3) is 6.40. The van der Waals surface area contributed by atoms with E-state index in [1.807, 2.05) is 44.2 Å². The van der Waals surface area contributed by atoms with E-state index in [1.54, 1.807) is 0 Å². The fraction of sp³-hybridized carbons (Fsp3) is 0.500. The lowest BCUT2D eigenvalue weighted by atomic mass is 10.2. The Labute approximate surface area is 125 Å². The van der Waals surface area contributed by atoms with Crippen LogP contribution in [0.25, 0.3) is 0 Å². The molecule has 0 radical (unpaired) electrons. The van der Waals surface area contributed by atoms with Crippen LogP contribution in [0, 0.1) is 0 Å². The van der Waals surface area contributed by atoms with Gasteiger partial charge >= 0.3 is 5.97 Å². The number of carbonyl (C=O) groups is 2. The molecule has 0 aliphatic heterocycles. The van der Waals surface area contributed by atoms with E-state index < -0.39 is 5.97 Å². The van der Waals surface area contributed by atoms with Crippen molar-refractivity contribution < 1.29 is 19.4 Å². The fourth-order valence-corrected chi connectivity index (χ4v) is 1.92. The average Bonchev–Trinajstić information content (AvgIpc) is 2.49. The zero-order valence-corrected chi connectivity index (χ0v) is 12.6. The van der Waals surface area contributed by atoms with Crippen molar-refractivity contribution in [3.63, 3.8) is 0 Å². The van der Waals surface area contributed by atoms with Crippen LogP contribution < -0.4 is 0 Å². The van der Waals surface area contributed by atoms with Gasteiger partial charge in [-0.05, 0) is 18.9 Å². The van der Waals surface area contributed by atoms with Gasteiger partial charge in [-0.15, -0.1) is 0 Å². The summed E-state index contributed by atoms with van der Waals surface area (Å²) in [4.78, 5) is 24.3. The molecule has 0 aromatic heterocycles. The summed E-state index contributed by atoms with van der Waals surface area (Å²) in [5, 5.41) is 8.87. The highest BCUT2D eigenvalue weighted by Gasteiger charge is 2.20. The van der Waals surface area contributed by atoms with E-state index in [2.05, 4.69) is 0 Å². The molecule has 1 rings (SSSR count). The third-order valence-electron chi connectivity index (χ3n) is 3.32.